The third-order valence-electron chi connectivity index (χ3n) is 8.26. The number of benzene rings is 2. The van der Waals surface area contributed by atoms with Crippen LogP contribution in [0.2, 0.25) is 0 Å². The van der Waals surface area contributed by atoms with Crippen LogP contribution >= 0.6 is 0 Å². The van der Waals surface area contributed by atoms with Gasteiger partial charge in [-0.2, -0.15) is 0 Å². The van der Waals surface area contributed by atoms with Crippen LogP contribution in [0.15, 0.2) is 42.6 Å². The van der Waals surface area contributed by atoms with E-state index in [4.69, 9.17) is 0 Å². The minimum Gasteiger partial charge on any atom is -0.200 e. The van der Waals surface area contributed by atoms with Crippen molar-refractivity contribution in [2.24, 2.45) is 18.9 Å². The Morgan fingerprint density at radius 2 is 1.73 bits per heavy atom. The van der Waals surface area contributed by atoms with Gasteiger partial charge in [0.1, 0.15) is 7.05 Å². The molecule has 0 spiro atoms. The molecular formula is C29H36N+. The smallest absolute Gasteiger partial charge is 0.200 e. The maximum Gasteiger partial charge on any atom is 0.220 e. The Hall–Kier alpha value is -2.15. The van der Waals surface area contributed by atoms with Crippen LogP contribution in [0.4, 0.5) is 0 Å². The van der Waals surface area contributed by atoms with Crippen LogP contribution < -0.4 is 4.57 Å². The molecule has 1 nitrogen and oxygen atoms in total. The summed E-state index contributed by atoms with van der Waals surface area (Å²) in [5, 5.41) is 2.80. The van der Waals surface area contributed by atoms with Gasteiger partial charge in [0.2, 0.25) is 5.69 Å². The van der Waals surface area contributed by atoms with Gasteiger partial charge in [-0.15, -0.1) is 0 Å². The molecule has 0 amide bonds. The fraction of sp³-hybridized carbons (Fsp3) is 0.483. The van der Waals surface area contributed by atoms with Crippen molar-refractivity contribution in [3.8, 4) is 11.3 Å². The number of aryl methyl sites for hydroxylation is 3. The van der Waals surface area contributed by atoms with Crippen molar-refractivity contribution >= 4 is 10.8 Å². The van der Waals surface area contributed by atoms with Gasteiger partial charge in [0, 0.05) is 6.07 Å². The monoisotopic (exact) mass is 398 g/mol. The summed E-state index contributed by atoms with van der Waals surface area (Å²) in [7, 11) is 2.20. The molecular weight excluding hydrogens is 362 g/mol. The topological polar surface area (TPSA) is 3.88 Å². The first-order valence-corrected chi connectivity index (χ1v) is 12.1. The molecule has 1 heteroatoms. The largest absolute Gasteiger partial charge is 0.220 e. The molecule has 0 aliphatic heterocycles. The van der Waals surface area contributed by atoms with E-state index in [-0.39, 0.29) is 0 Å². The molecule has 1 atom stereocenters. The van der Waals surface area contributed by atoms with Gasteiger partial charge in [-0.25, -0.2) is 4.57 Å². The Balaban J connectivity index is 1.64. The van der Waals surface area contributed by atoms with E-state index in [0.717, 1.165) is 30.6 Å². The average molecular weight is 399 g/mol. The summed E-state index contributed by atoms with van der Waals surface area (Å²) in [5.41, 5.74) is 8.72. The molecule has 6 rings (SSSR count). The molecule has 1 heterocycles. The van der Waals surface area contributed by atoms with E-state index in [2.05, 4.69) is 75.0 Å². The van der Waals surface area contributed by atoms with Crippen molar-refractivity contribution in [3.63, 3.8) is 0 Å². The maximum absolute atomic E-state index is 2.52. The van der Waals surface area contributed by atoms with Crippen molar-refractivity contribution in [2.75, 3.05) is 0 Å². The van der Waals surface area contributed by atoms with Gasteiger partial charge in [-0.05, 0) is 96.6 Å². The van der Waals surface area contributed by atoms with E-state index >= 15 is 0 Å². The number of nitrogens with zero attached hydrogens (tertiary/aromatic N) is 1. The number of aromatic nitrogens is 1. The molecule has 3 saturated carbocycles. The third-order valence-corrected chi connectivity index (χ3v) is 8.26. The first kappa shape index (κ1) is 19.8. The summed E-state index contributed by atoms with van der Waals surface area (Å²) in [4.78, 5) is 0. The van der Waals surface area contributed by atoms with Crippen molar-refractivity contribution in [1.29, 1.82) is 0 Å². The van der Waals surface area contributed by atoms with Gasteiger partial charge in [0.05, 0.1) is 10.9 Å². The molecule has 0 saturated heterocycles. The van der Waals surface area contributed by atoms with Gasteiger partial charge in [-0.3, -0.25) is 0 Å². The zero-order chi connectivity index (χ0) is 20.8. The first-order chi connectivity index (χ1) is 14.6. The van der Waals surface area contributed by atoms with Gasteiger partial charge in [-0.1, -0.05) is 44.9 Å². The zero-order valence-electron chi connectivity index (χ0n) is 19.2. The molecule has 3 aromatic rings. The second-order valence-electron chi connectivity index (χ2n) is 9.88. The predicted molar refractivity (Wildman–Crippen MR) is 127 cm³/mol. The lowest BCUT2D eigenvalue weighted by Crippen LogP contribution is -2.31. The molecule has 156 valence electrons. The van der Waals surface area contributed by atoms with E-state index in [0.29, 0.717) is 0 Å². The lowest BCUT2D eigenvalue weighted by Gasteiger charge is -2.42. The minimum atomic E-state index is 0.788. The Kier molecular flexibility index (Phi) is 5.17. The summed E-state index contributed by atoms with van der Waals surface area (Å²) < 4.78 is 2.33. The summed E-state index contributed by atoms with van der Waals surface area (Å²) in [6, 6.07) is 14.5. The minimum absolute atomic E-state index is 0.788. The second-order valence-corrected chi connectivity index (χ2v) is 9.88. The van der Waals surface area contributed by atoms with E-state index < -0.39 is 0 Å². The predicted octanol–water partition coefficient (Wildman–Crippen LogP) is 7.06. The molecule has 2 aromatic carbocycles. The fourth-order valence-corrected chi connectivity index (χ4v) is 6.40. The van der Waals surface area contributed by atoms with Crippen molar-refractivity contribution in [3.05, 3.63) is 64.8 Å². The van der Waals surface area contributed by atoms with Crippen LogP contribution in [-0.4, -0.2) is 0 Å². The normalized spacial score (nSPS) is 23.3. The van der Waals surface area contributed by atoms with Crippen LogP contribution in [0, 0.1) is 18.8 Å². The van der Waals surface area contributed by atoms with Crippen molar-refractivity contribution < 1.29 is 4.57 Å². The van der Waals surface area contributed by atoms with Gasteiger partial charge >= 0.3 is 0 Å². The molecule has 2 bridgehead atoms. The van der Waals surface area contributed by atoms with Crippen LogP contribution in [0.3, 0.4) is 0 Å². The van der Waals surface area contributed by atoms with Gasteiger partial charge in [0.25, 0.3) is 0 Å². The Bertz CT molecular complexity index is 1090. The van der Waals surface area contributed by atoms with Crippen molar-refractivity contribution in [1.82, 2.24) is 0 Å². The highest BCUT2D eigenvalue weighted by atomic mass is 14.9. The molecule has 0 N–H and O–H groups in total. The number of rotatable bonds is 4. The summed E-state index contributed by atoms with van der Waals surface area (Å²) >= 11 is 0. The highest BCUT2D eigenvalue weighted by Crippen LogP contribution is 2.50. The lowest BCUT2D eigenvalue weighted by atomic mass is 9.63. The molecule has 3 aliphatic rings. The second kappa shape index (κ2) is 7.84. The maximum atomic E-state index is 2.52. The average Bonchev–Trinajstić information content (AvgIpc) is 2.80. The number of hydrogen-bond donors (Lipinski definition) is 0. The standard InChI is InChI=1S/C29H36N/c1-5-20-15-22(6-2)19(3)27(16-20)29-26-12-11-24(18-25(26)13-14-30(29)4)28-17-21-7-9-23(28)10-8-21/h11-16,18,21,23,28H,5-10,17H2,1-4H3/q+1. The van der Waals surface area contributed by atoms with Crippen LogP contribution in [0.1, 0.15) is 74.1 Å². The lowest BCUT2D eigenvalue weighted by molar-refractivity contribution is -0.659. The zero-order valence-corrected chi connectivity index (χ0v) is 19.2. The Morgan fingerprint density at radius 1 is 0.933 bits per heavy atom. The molecule has 3 aliphatic carbocycles. The van der Waals surface area contributed by atoms with E-state index in [9.17, 15) is 0 Å². The SMILES string of the molecule is CCc1cc(CC)c(C)c(-c2c3ccc(C4CC5CCC4CC5)cc3cc[n+]2C)c1. The van der Waals surface area contributed by atoms with E-state index in [1.54, 1.807) is 5.56 Å². The van der Waals surface area contributed by atoms with Gasteiger partial charge in [0.15, 0.2) is 6.20 Å². The number of hydrogen-bond acceptors (Lipinski definition) is 0. The van der Waals surface area contributed by atoms with Crippen LogP contribution in [0.5, 0.6) is 0 Å². The summed E-state index contributed by atoms with van der Waals surface area (Å²) in [6.07, 6.45) is 11.7. The van der Waals surface area contributed by atoms with Gasteiger partial charge < -0.3 is 0 Å². The number of pyridine rings is 1. The molecule has 30 heavy (non-hydrogen) atoms. The molecule has 0 radical (unpaired) electrons. The fourth-order valence-electron chi connectivity index (χ4n) is 6.40. The Labute approximate surface area is 182 Å². The van der Waals surface area contributed by atoms with E-state index in [1.807, 2.05) is 0 Å². The molecule has 1 unspecified atom stereocenters. The van der Waals surface area contributed by atoms with Crippen LogP contribution in [0.25, 0.3) is 22.0 Å². The first-order valence-electron chi connectivity index (χ1n) is 12.1. The third kappa shape index (κ3) is 3.27. The number of fused-ring (bicyclic) bond motifs is 4. The molecule has 1 aromatic heterocycles. The summed E-state index contributed by atoms with van der Waals surface area (Å²) in [5.74, 6) is 2.69. The summed E-state index contributed by atoms with van der Waals surface area (Å²) in [6.45, 7) is 6.85. The molecule has 3 fully saturated rings. The van der Waals surface area contributed by atoms with E-state index in [1.165, 1.54) is 70.8 Å². The Morgan fingerprint density at radius 3 is 2.40 bits per heavy atom. The van der Waals surface area contributed by atoms with Crippen LogP contribution in [-0.2, 0) is 19.9 Å². The highest BCUT2D eigenvalue weighted by molar-refractivity contribution is 5.94. The van der Waals surface area contributed by atoms with Crippen molar-refractivity contribution in [2.45, 2.75) is 71.6 Å². The quantitative estimate of drug-likeness (QED) is 0.414. The highest BCUT2D eigenvalue weighted by Gasteiger charge is 2.36.